The Labute approximate surface area is 225 Å². The molecule has 0 bridgehead atoms. The van der Waals surface area contributed by atoms with E-state index in [1.165, 1.54) is 11.3 Å². The molecular weight excluding hydrogens is 500 g/mol. The third-order valence-corrected chi connectivity index (χ3v) is 6.81. The van der Waals surface area contributed by atoms with Crippen molar-refractivity contribution in [2.24, 2.45) is 5.92 Å². The number of alkyl carbamates (subject to hydrolysis) is 1. The third kappa shape index (κ3) is 6.74. The minimum atomic E-state index is -0.886. The first-order valence-corrected chi connectivity index (χ1v) is 13.2. The standard InChI is InChI=1S/C29H30N4O4S/c1-18(2)15-24(31-29(36)37-16-20-9-5-4-6-10-20)26(34)32-33-27(35)25-17-38-28(30-25)23-14-13-19(3)21-11-7-8-12-22(21)23/h4-14,17-18,24H,15-16H2,1-3H3,(H,31,36)(H,32,34)(H,33,35)/t24-/m0/s1. The Morgan fingerprint density at radius 1 is 0.921 bits per heavy atom. The highest BCUT2D eigenvalue weighted by atomic mass is 32.1. The first-order chi connectivity index (χ1) is 18.3. The fourth-order valence-electron chi connectivity index (χ4n) is 4.02. The SMILES string of the molecule is Cc1ccc(-c2nc(C(=O)NNC(=O)[C@H](CC(C)C)NC(=O)OCc3ccccc3)cs2)c2ccccc12. The van der Waals surface area contributed by atoms with Gasteiger partial charge in [0.25, 0.3) is 11.8 Å². The second-order valence-corrected chi connectivity index (χ2v) is 10.2. The second kappa shape index (κ2) is 12.3. The van der Waals surface area contributed by atoms with Crippen LogP contribution in [-0.2, 0) is 16.1 Å². The number of aromatic nitrogens is 1. The molecule has 3 N–H and O–H groups in total. The van der Waals surface area contributed by atoms with Crippen molar-refractivity contribution in [1.29, 1.82) is 0 Å². The maximum Gasteiger partial charge on any atom is 0.408 e. The molecule has 3 aromatic carbocycles. The van der Waals surface area contributed by atoms with Gasteiger partial charge in [0, 0.05) is 10.9 Å². The van der Waals surface area contributed by atoms with Gasteiger partial charge in [-0.05, 0) is 41.2 Å². The molecule has 1 aromatic heterocycles. The molecule has 0 aliphatic rings. The van der Waals surface area contributed by atoms with E-state index in [4.69, 9.17) is 4.74 Å². The molecule has 0 unspecified atom stereocenters. The number of hydrogen-bond acceptors (Lipinski definition) is 6. The number of rotatable bonds is 8. The number of thiazole rings is 1. The van der Waals surface area contributed by atoms with Crippen LogP contribution in [-0.4, -0.2) is 28.9 Å². The van der Waals surface area contributed by atoms with E-state index < -0.39 is 23.9 Å². The molecule has 1 atom stereocenters. The number of aryl methyl sites for hydroxylation is 1. The van der Waals surface area contributed by atoms with Gasteiger partial charge in [-0.2, -0.15) is 0 Å². The smallest absolute Gasteiger partial charge is 0.408 e. The van der Waals surface area contributed by atoms with Crippen molar-refractivity contribution in [2.45, 2.75) is 39.8 Å². The summed E-state index contributed by atoms with van der Waals surface area (Å²) >= 11 is 1.35. The van der Waals surface area contributed by atoms with Gasteiger partial charge in [0.2, 0.25) is 0 Å². The highest BCUT2D eigenvalue weighted by Gasteiger charge is 2.24. The van der Waals surface area contributed by atoms with Gasteiger partial charge in [-0.25, -0.2) is 9.78 Å². The molecule has 4 rings (SSSR count). The van der Waals surface area contributed by atoms with Crippen LogP contribution in [0, 0.1) is 12.8 Å². The number of hydrazine groups is 1. The van der Waals surface area contributed by atoms with Crippen LogP contribution in [0.25, 0.3) is 21.3 Å². The van der Waals surface area contributed by atoms with Crippen LogP contribution in [0.3, 0.4) is 0 Å². The fourth-order valence-corrected chi connectivity index (χ4v) is 4.86. The van der Waals surface area contributed by atoms with Crippen LogP contribution in [0.1, 0.15) is 41.9 Å². The molecule has 4 aromatic rings. The summed E-state index contributed by atoms with van der Waals surface area (Å²) in [7, 11) is 0. The predicted octanol–water partition coefficient (Wildman–Crippen LogP) is 5.37. The summed E-state index contributed by atoms with van der Waals surface area (Å²) in [6, 6.07) is 20.5. The van der Waals surface area contributed by atoms with E-state index in [0.717, 1.165) is 27.5 Å². The molecule has 8 nitrogen and oxygen atoms in total. The Balaban J connectivity index is 1.37. The lowest BCUT2D eigenvalue weighted by atomic mass is 10.0. The summed E-state index contributed by atoms with van der Waals surface area (Å²) in [6.07, 6.45) is -0.348. The number of nitrogens with zero attached hydrogens (tertiary/aromatic N) is 1. The van der Waals surface area contributed by atoms with Gasteiger partial charge in [0.05, 0.1) is 0 Å². The average molecular weight is 531 g/mol. The summed E-state index contributed by atoms with van der Waals surface area (Å²) in [5.74, 6) is -0.989. The number of hydrogen-bond donors (Lipinski definition) is 3. The number of ether oxygens (including phenoxy) is 1. The largest absolute Gasteiger partial charge is 0.445 e. The number of benzene rings is 3. The predicted molar refractivity (Wildman–Crippen MR) is 148 cm³/mol. The summed E-state index contributed by atoms with van der Waals surface area (Å²) < 4.78 is 5.24. The van der Waals surface area contributed by atoms with Gasteiger partial charge >= 0.3 is 6.09 Å². The second-order valence-electron chi connectivity index (χ2n) is 9.35. The van der Waals surface area contributed by atoms with E-state index in [2.05, 4.69) is 34.1 Å². The summed E-state index contributed by atoms with van der Waals surface area (Å²) in [5, 5.41) is 7.13. The Bertz CT molecular complexity index is 1440. The van der Waals surface area contributed by atoms with Crippen molar-refractivity contribution >= 4 is 40.0 Å². The molecule has 3 amide bonds. The summed E-state index contributed by atoms with van der Waals surface area (Å²) in [6.45, 7) is 6.00. The number of carbonyl (C=O) groups is 3. The number of amides is 3. The Morgan fingerprint density at radius 2 is 1.63 bits per heavy atom. The lowest BCUT2D eigenvalue weighted by Gasteiger charge is -2.20. The van der Waals surface area contributed by atoms with Gasteiger partial charge < -0.3 is 10.1 Å². The highest BCUT2D eigenvalue weighted by molar-refractivity contribution is 7.13. The third-order valence-electron chi connectivity index (χ3n) is 5.94. The average Bonchev–Trinajstić information content (AvgIpc) is 3.41. The minimum Gasteiger partial charge on any atom is -0.445 e. The summed E-state index contributed by atoms with van der Waals surface area (Å²) in [5.41, 5.74) is 7.94. The zero-order chi connectivity index (χ0) is 27.1. The zero-order valence-electron chi connectivity index (χ0n) is 21.5. The molecule has 0 aliphatic heterocycles. The van der Waals surface area contributed by atoms with Gasteiger partial charge in [-0.3, -0.25) is 20.4 Å². The van der Waals surface area contributed by atoms with Crippen molar-refractivity contribution in [3.63, 3.8) is 0 Å². The zero-order valence-corrected chi connectivity index (χ0v) is 22.3. The minimum absolute atomic E-state index is 0.0852. The van der Waals surface area contributed by atoms with Crippen LogP contribution < -0.4 is 16.2 Å². The van der Waals surface area contributed by atoms with Gasteiger partial charge in [-0.1, -0.05) is 80.6 Å². The first-order valence-electron chi connectivity index (χ1n) is 12.3. The number of fused-ring (bicyclic) bond motifs is 1. The monoisotopic (exact) mass is 530 g/mol. The van der Waals surface area contributed by atoms with Gasteiger partial charge in [-0.15, -0.1) is 11.3 Å². The van der Waals surface area contributed by atoms with E-state index in [1.54, 1.807) is 5.38 Å². The van der Waals surface area contributed by atoms with Crippen molar-refractivity contribution in [3.05, 3.63) is 88.9 Å². The number of nitrogens with one attached hydrogen (secondary N) is 3. The van der Waals surface area contributed by atoms with E-state index in [0.29, 0.717) is 11.4 Å². The van der Waals surface area contributed by atoms with Crippen molar-refractivity contribution < 1.29 is 19.1 Å². The molecular formula is C29H30N4O4S. The van der Waals surface area contributed by atoms with Crippen LogP contribution >= 0.6 is 11.3 Å². The fraction of sp³-hybridized carbons (Fsp3) is 0.241. The lowest BCUT2D eigenvalue weighted by Crippen LogP contribution is -2.52. The maximum absolute atomic E-state index is 12.8. The summed E-state index contributed by atoms with van der Waals surface area (Å²) in [4.78, 5) is 42.4. The lowest BCUT2D eigenvalue weighted by molar-refractivity contribution is -0.124. The Hall–Kier alpha value is -4.24. The van der Waals surface area contributed by atoms with Crippen LogP contribution in [0.15, 0.2) is 72.1 Å². The topological polar surface area (TPSA) is 109 Å². The van der Waals surface area contributed by atoms with Crippen LogP contribution in [0.5, 0.6) is 0 Å². The molecule has 38 heavy (non-hydrogen) atoms. The molecule has 0 fully saturated rings. The highest BCUT2D eigenvalue weighted by Crippen LogP contribution is 2.32. The molecule has 0 saturated carbocycles. The molecule has 1 heterocycles. The van der Waals surface area contributed by atoms with Crippen molar-refractivity contribution in [3.8, 4) is 10.6 Å². The maximum atomic E-state index is 12.8. The van der Waals surface area contributed by atoms with E-state index >= 15 is 0 Å². The molecule has 0 saturated heterocycles. The van der Waals surface area contributed by atoms with Crippen LogP contribution in [0.2, 0.25) is 0 Å². The number of carbonyl (C=O) groups excluding carboxylic acids is 3. The normalized spacial score (nSPS) is 11.7. The molecule has 9 heteroatoms. The van der Waals surface area contributed by atoms with E-state index in [-0.39, 0.29) is 18.2 Å². The van der Waals surface area contributed by atoms with Crippen molar-refractivity contribution in [1.82, 2.24) is 21.2 Å². The quantitative estimate of drug-likeness (QED) is 0.265. The molecule has 0 radical (unpaired) electrons. The van der Waals surface area contributed by atoms with Crippen LogP contribution in [0.4, 0.5) is 4.79 Å². The van der Waals surface area contributed by atoms with Crippen molar-refractivity contribution in [2.75, 3.05) is 0 Å². The molecule has 196 valence electrons. The Morgan fingerprint density at radius 3 is 2.37 bits per heavy atom. The van der Waals surface area contributed by atoms with Gasteiger partial charge in [0.15, 0.2) is 0 Å². The van der Waals surface area contributed by atoms with E-state index in [9.17, 15) is 14.4 Å². The van der Waals surface area contributed by atoms with Gasteiger partial charge in [0.1, 0.15) is 23.4 Å². The first kappa shape index (κ1) is 26.8. The molecule has 0 aliphatic carbocycles. The van der Waals surface area contributed by atoms with E-state index in [1.807, 2.05) is 74.5 Å². The molecule has 0 spiro atoms. The Kier molecular flexibility index (Phi) is 8.70.